The van der Waals surface area contributed by atoms with Gasteiger partial charge in [-0.2, -0.15) is 0 Å². The predicted molar refractivity (Wildman–Crippen MR) is 87.9 cm³/mol. The number of nitrogens with zero attached hydrogens (tertiary/aromatic N) is 2. The molecular formula is C17H15N3O2S. The van der Waals surface area contributed by atoms with Crippen molar-refractivity contribution in [2.75, 3.05) is 0 Å². The Kier molecular flexibility index (Phi) is 4.45. The monoisotopic (exact) mass is 325 g/mol. The van der Waals surface area contributed by atoms with Crippen LogP contribution in [0.1, 0.15) is 5.56 Å². The van der Waals surface area contributed by atoms with Crippen LogP contribution >= 0.6 is 0 Å². The summed E-state index contributed by atoms with van der Waals surface area (Å²) in [6.07, 6.45) is 6.35. The summed E-state index contributed by atoms with van der Waals surface area (Å²) in [5.41, 5.74) is 3.02. The lowest BCUT2D eigenvalue weighted by atomic mass is 10.1. The molecule has 6 heteroatoms. The summed E-state index contributed by atoms with van der Waals surface area (Å²) in [6.45, 7) is 0.230. The maximum atomic E-state index is 12.1. The van der Waals surface area contributed by atoms with Crippen molar-refractivity contribution in [1.29, 1.82) is 0 Å². The molecule has 0 radical (unpaired) electrons. The van der Waals surface area contributed by atoms with E-state index >= 15 is 0 Å². The van der Waals surface area contributed by atoms with Gasteiger partial charge in [-0.1, -0.05) is 24.3 Å². The van der Waals surface area contributed by atoms with Crippen LogP contribution < -0.4 is 4.72 Å². The molecule has 116 valence electrons. The number of rotatable bonds is 5. The fraction of sp³-hybridized carbons (Fsp3) is 0.0588. The number of nitrogens with one attached hydrogen (secondary N) is 1. The van der Waals surface area contributed by atoms with E-state index in [1.54, 1.807) is 18.5 Å². The Labute approximate surface area is 135 Å². The maximum Gasteiger partial charge on any atom is 0.242 e. The van der Waals surface area contributed by atoms with Gasteiger partial charge in [-0.15, -0.1) is 0 Å². The quantitative estimate of drug-likeness (QED) is 0.783. The lowest BCUT2D eigenvalue weighted by Crippen LogP contribution is -2.23. The van der Waals surface area contributed by atoms with Crippen molar-refractivity contribution >= 4 is 10.0 Å². The van der Waals surface area contributed by atoms with Crippen molar-refractivity contribution in [2.45, 2.75) is 11.4 Å². The van der Waals surface area contributed by atoms with E-state index < -0.39 is 10.0 Å². The van der Waals surface area contributed by atoms with Crippen LogP contribution in [-0.4, -0.2) is 18.4 Å². The van der Waals surface area contributed by atoms with Crippen LogP contribution in [0.3, 0.4) is 0 Å². The largest absolute Gasteiger partial charge is 0.265 e. The zero-order chi connectivity index (χ0) is 16.1. The standard InChI is InChI=1S/C17H15N3O2S/c21-23(22,17-2-1-9-19-13-17)20-12-14-3-5-15(6-4-14)16-7-10-18-11-8-16/h1-11,13,20H,12H2. The molecule has 0 saturated carbocycles. The van der Waals surface area contributed by atoms with E-state index in [1.807, 2.05) is 36.4 Å². The van der Waals surface area contributed by atoms with E-state index in [1.165, 1.54) is 18.5 Å². The Morgan fingerprint density at radius 2 is 1.52 bits per heavy atom. The summed E-state index contributed by atoms with van der Waals surface area (Å²) in [7, 11) is -3.54. The third-order valence-electron chi connectivity index (χ3n) is 3.38. The Bertz CT molecular complexity index is 865. The fourth-order valence-electron chi connectivity index (χ4n) is 2.13. The highest BCUT2D eigenvalue weighted by Gasteiger charge is 2.13. The summed E-state index contributed by atoms with van der Waals surface area (Å²) in [4.78, 5) is 7.98. The second-order valence-electron chi connectivity index (χ2n) is 4.95. The molecule has 5 nitrogen and oxygen atoms in total. The van der Waals surface area contributed by atoms with Crippen molar-refractivity contribution in [3.8, 4) is 11.1 Å². The summed E-state index contributed by atoms with van der Waals surface area (Å²) in [5, 5.41) is 0. The summed E-state index contributed by atoms with van der Waals surface area (Å²) in [6, 6.07) is 14.7. The van der Waals surface area contributed by atoms with E-state index in [-0.39, 0.29) is 11.4 Å². The van der Waals surface area contributed by atoms with Gasteiger partial charge in [0.15, 0.2) is 0 Å². The van der Waals surface area contributed by atoms with Gasteiger partial charge in [0.05, 0.1) is 0 Å². The van der Waals surface area contributed by atoms with Crippen LogP contribution in [0.4, 0.5) is 0 Å². The molecule has 0 amide bonds. The molecule has 0 bridgehead atoms. The first kappa shape index (κ1) is 15.3. The topological polar surface area (TPSA) is 72.0 Å². The van der Waals surface area contributed by atoms with E-state index in [2.05, 4.69) is 14.7 Å². The number of sulfonamides is 1. The van der Waals surface area contributed by atoms with Gasteiger partial charge >= 0.3 is 0 Å². The third-order valence-corrected chi connectivity index (χ3v) is 4.77. The van der Waals surface area contributed by atoms with Gasteiger partial charge in [-0.3, -0.25) is 9.97 Å². The minimum atomic E-state index is -3.54. The molecule has 0 unspecified atom stereocenters. The molecule has 0 aliphatic rings. The van der Waals surface area contributed by atoms with Crippen LogP contribution in [0.2, 0.25) is 0 Å². The molecule has 0 aliphatic carbocycles. The molecule has 2 heterocycles. The molecule has 0 atom stereocenters. The van der Waals surface area contributed by atoms with Gasteiger partial charge in [0.25, 0.3) is 0 Å². The molecule has 0 fully saturated rings. The highest BCUT2D eigenvalue weighted by molar-refractivity contribution is 7.89. The Morgan fingerprint density at radius 1 is 0.826 bits per heavy atom. The average molecular weight is 325 g/mol. The van der Waals surface area contributed by atoms with Gasteiger partial charge in [0.2, 0.25) is 10.0 Å². The molecule has 23 heavy (non-hydrogen) atoms. The minimum absolute atomic E-state index is 0.161. The normalized spacial score (nSPS) is 11.3. The first-order valence-corrected chi connectivity index (χ1v) is 8.52. The number of hydrogen-bond acceptors (Lipinski definition) is 4. The zero-order valence-corrected chi connectivity index (χ0v) is 13.1. The molecule has 1 N–H and O–H groups in total. The molecule has 3 rings (SSSR count). The van der Waals surface area contributed by atoms with Gasteiger partial charge in [0.1, 0.15) is 4.90 Å². The van der Waals surface area contributed by atoms with Crippen molar-refractivity contribution < 1.29 is 8.42 Å². The Hall–Kier alpha value is -2.57. The first-order valence-electron chi connectivity index (χ1n) is 7.04. The molecule has 2 aromatic heterocycles. The first-order chi connectivity index (χ1) is 11.1. The third kappa shape index (κ3) is 3.80. The Balaban J connectivity index is 1.70. The molecule has 0 saturated heterocycles. The van der Waals surface area contributed by atoms with Gasteiger partial charge in [-0.05, 0) is 41.0 Å². The van der Waals surface area contributed by atoms with E-state index in [4.69, 9.17) is 0 Å². The van der Waals surface area contributed by atoms with Gasteiger partial charge in [-0.25, -0.2) is 13.1 Å². The fourth-order valence-corrected chi connectivity index (χ4v) is 3.11. The van der Waals surface area contributed by atoms with E-state index in [0.29, 0.717) is 0 Å². The van der Waals surface area contributed by atoms with Crippen molar-refractivity contribution in [2.24, 2.45) is 0 Å². The van der Waals surface area contributed by atoms with Crippen molar-refractivity contribution in [1.82, 2.24) is 14.7 Å². The smallest absolute Gasteiger partial charge is 0.242 e. The molecule has 0 aliphatic heterocycles. The SMILES string of the molecule is O=S(=O)(NCc1ccc(-c2ccncc2)cc1)c1cccnc1. The predicted octanol–water partition coefficient (Wildman–Crippen LogP) is 2.62. The molecule has 3 aromatic rings. The molecule has 0 spiro atoms. The average Bonchev–Trinajstić information content (AvgIpc) is 2.62. The van der Waals surface area contributed by atoms with Gasteiger partial charge in [0, 0.05) is 31.3 Å². The van der Waals surface area contributed by atoms with Crippen molar-refractivity contribution in [3.05, 3.63) is 78.9 Å². The number of hydrogen-bond donors (Lipinski definition) is 1. The van der Waals surface area contributed by atoms with Crippen LogP contribution in [0, 0.1) is 0 Å². The second-order valence-corrected chi connectivity index (χ2v) is 6.71. The Morgan fingerprint density at radius 3 is 2.17 bits per heavy atom. The zero-order valence-electron chi connectivity index (χ0n) is 12.3. The summed E-state index contributed by atoms with van der Waals surface area (Å²) < 4.78 is 26.8. The number of pyridine rings is 2. The minimum Gasteiger partial charge on any atom is -0.265 e. The molecular weight excluding hydrogens is 310 g/mol. The number of aromatic nitrogens is 2. The van der Waals surface area contributed by atoms with Crippen LogP contribution in [0.5, 0.6) is 0 Å². The van der Waals surface area contributed by atoms with Crippen LogP contribution in [0.25, 0.3) is 11.1 Å². The van der Waals surface area contributed by atoms with Crippen LogP contribution in [0.15, 0.2) is 78.2 Å². The lowest BCUT2D eigenvalue weighted by molar-refractivity contribution is 0.581. The summed E-state index contributed by atoms with van der Waals surface area (Å²) in [5.74, 6) is 0. The van der Waals surface area contributed by atoms with Gasteiger partial charge < -0.3 is 0 Å². The van der Waals surface area contributed by atoms with E-state index in [0.717, 1.165) is 16.7 Å². The number of benzene rings is 1. The lowest BCUT2D eigenvalue weighted by Gasteiger charge is -2.07. The molecule has 1 aromatic carbocycles. The summed E-state index contributed by atoms with van der Waals surface area (Å²) >= 11 is 0. The van der Waals surface area contributed by atoms with Crippen LogP contribution in [-0.2, 0) is 16.6 Å². The van der Waals surface area contributed by atoms with Crippen molar-refractivity contribution in [3.63, 3.8) is 0 Å². The highest BCUT2D eigenvalue weighted by Crippen LogP contribution is 2.18. The van der Waals surface area contributed by atoms with E-state index in [9.17, 15) is 8.42 Å². The second kappa shape index (κ2) is 6.68. The maximum absolute atomic E-state index is 12.1. The highest BCUT2D eigenvalue weighted by atomic mass is 32.2.